The van der Waals surface area contributed by atoms with Gasteiger partial charge in [0.15, 0.2) is 0 Å². The molecule has 0 amide bonds. The number of piperazine rings is 1. The van der Waals surface area contributed by atoms with Crippen molar-refractivity contribution in [2.24, 2.45) is 5.92 Å². The zero-order chi connectivity index (χ0) is 13.0. The molecule has 0 aromatic heterocycles. The fourth-order valence-electron chi connectivity index (χ4n) is 2.65. The summed E-state index contributed by atoms with van der Waals surface area (Å²) in [6, 6.07) is 0. The van der Waals surface area contributed by atoms with E-state index in [4.69, 9.17) is 0 Å². The molecule has 2 aliphatic rings. The summed E-state index contributed by atoms with van der Waals surface area (Å²) in [6.07, 6.45) is 3.29. The van der Waals surface area contributed by atoms with E-state index in [1.165, 1.54) is 4.31 Å². The lowest BCUT2D eigenvalue weighted by atomic mass is 9.87. The Kier molecular flexibility index (Phi) is 4.97. The van der Waals surface area contributed by atoms with Gasteiger partial charge in [-0.25, -0.2) is 4.72 Å². The molecular weight excluding hydrogens is 254 g/mol. The predicted molar refractivity (Wildman–Crippen MR) is 69.3 cm³/mol. The van der Waals surface area contributed by atoms with E-state index in [9.17, 15) is 13.5 Å². The molecule has 1 saturated carbocycles. The highest BCUT2D eigenvalue weighted by atomic mass is 32.2. The van der Waals surface area contributed by atoms with Gasteiger partial charge in [-0.3, -0.25) is 0 Å². The lowest BCUT2D eigenvalue weighted by molar-refractivity contribution is 0.102. The van der Waals surface area contributed by atoms with Gasteiger partial charge < -0.3 is 10.4 Å². The average Bonchev–Trinajstić information content (AvgIpc) is 2.38. The lowest BCUT2D eigenvalue weighted by Crippen LogP contribution is -2.51. The van der Waals surface area contributed by atoms with Crippen molar-refractivity contribution in [1.29, 1.82) is 0 Å². The van der Waals surface area contributed by atoms with Crippen molar-refractivity contribution in [1.82, 2.24) is 14.3 Å². The molecule has 0 aromatic carbocycles. The number of nitrogens with one attached hydrogen (secondary N) is 2. The molecular formula is C11H23N3O3S. The summed E-state index contributed by atoms with van der Waals surface area (Å²) in [6.45, 7) is 2.93. The molecule has 7 heteroatoms. The molecule has 2 fully saturated rings. The van der Waals surface area contributed by atoms with E-state index >= 15 is 0 Å². The molecule has 2 unspecified atom stereocenters. The van der Waals surface area contributed by atoms with Gasteiger partial charge in [-0.1, -0.05) is 6.42 Å². The van der Waals surface area contributed by atoms with Crippen molar-refractivity contribution in [3.8, 4) is 0 Å². The number of rotatable bonds is 4. The normalized spacial score (nSPS) is 31.4. The fourth-order valence-corrected chi connectivity index (χ4v) is 3.94. The summed E-state index contributed by atoms with van der Waals surface area (Å²) in [5.41, 5.74) is 0. The van der Waals surface area contributed by atoms with Crippen molar-refractivity contribution < 1.29 is 13.5 Å². The molecule has 1 aliphatic carbocycles. The number of nitrogens with zero attached hydrogens (tertiary/aromatic N) is 1. The Morgan fingerprint density at radius 1 is 1.28 bits per heavy atom. The van der Waals surface area contributed by atoms with Crippen LogP contribution >= 0.6 is 0 Å². The van der Waals surface area contributed by atoms with Crippen LogP contribution in [0.15, 0.2) is 0 Å². The maximum Gasteiger partial charge on any atom is 0.279 e. The first-order chi connectivity index (χ1) is 8.58. The Labute approximate surface area is 109 Å². The molecule has 3 N–H and O–H groups in total. The second-order valence-electron chi connectivity index (χ2n) is 5.19. The van der Waals surface area contributed by atoms with E-state index in [-0.39, 0.29) is 12.0 Å². The van der Waals surface area contributed by atoms with Crippen LogP contribution in [0.2, 0.25) is 0 Å². The van der Waals surface area contributed by atoms with Crippen molar-refractivity contribution in [2.45, 2.75) is 31.8 Å². The van der Waals surface area contributed by atoms with E-state index in [0.29, 0.717) is 39.1 Å². The SMILES string of the molecule is O=S(=O)(NCC1CCCC(O)C1)N1CCNCC1. The number of hydrogen-bond acceptors (Lipinski definition) is 4. The Morgan fingerprint density at radius 3 is 2.67 bits per heavy atom. The fraction of sp³-hybridized carbons (Fsp3) is 1.00. The maximum atomic E-state index is 12.0. The van der Waals surface area contributed by atoms with Crippen molar-refractivity contribution >= 4 is 10.2 Å². The first-order valence-electron chi connectivity index (χ1n) is 6.71. The second kappa shape index (κ2) is 6.29. The Balaban J connectivity index is 1.80. The van der Waals surface area contributed by atoms with Gasteiger partial charge in [0.1, 0.15) is 0 Å². The van der Waals surface area contributed by atoms with Crippen molar-refractivity contribution in [2.75, 3.05) is 32.7 Å². The molecule has 0 spiro atoms. The predicted octanol–water partition coefficient (Wildman–Crippen LogP) is -0.723. The van der Waals surface area contributed by atoms with Crippen LogP contribution in [-0.2, 0) is 10.2 Å². The van der Waals surface area contributed by atoms with E-state index in [0.717, 1.165) is 19.3 Å². The smallest absolute Gasteiger partial charge is 0.279 e. The largest absolute Gasteiger partial charge is 0.393 e. The van der Waals surface area contributed by atoms with E-state index in [2.05, 4.69) is 10.0 Å². The molecule has 1 saturated heterocycles. The minimum Gasteiger partial charge on any atom is -0.393 e. The first-order valence-corrected chi connectivity index (χ1v) is 8.15. The van der Waals surface area contributed by atoms with Crippen LogP contribution < -0.4 is 10.0 Å². The minimum atomic E-state index is -3.34. The molecule has 0 aromatic rings. The summed E-state index contributed by atoms with van der Waals surface area (Å²) in [7, 11) is -3.34. The van der Waals surface area contributed by atoms with Gasteiger partial charge in [-0.15, -0.1) is 0 Å². The van der Waals surface area contributed by atoms with Gasteiger partial charge in [-0.05, 0) is 25.2 Å². The van der Waals surface area contributed by atoms with Gasteiger partial charge in [-0.2, -0.15) is 12.7 Å². The molecule has 0 bridgehead atoms. The van der Waals surface area contributed by atoms with Crippen LogP contribution in [-0.4, -0.2) is 56.7 Å². The van der Waals surface area contributed by atoms with Crippen molar-refractivity contribution in [3.63, 3.8) is 0 Å². The highest BCUT2D eigenvalue weighted by Crippen LogP contribution is 2.23. The number of aliphatic hydroxyl groups excluding tert-OH is 1. The Hall–Kier alpha value is -0.210. The molecule has 1 heterocycles. The van der Waals surface area contributed by atoms with Gasteiger partial charge >= 0.3 is 0 Å². The summed E-state index contributed by atoms with van der Waals surface area (Å²) in [4.78, 5) is 0. The Morgan fingerprint density at radius 2 is 2.00 bits per heavy atom. The zero-order valence-electron chi connectivity index (χ0n) is 10.6. The van der Waals surface area contributed by atoms with Crippen LogP contribution in [0.4, 0.5) is 0 Å². The second-order valence-corrected chi connectivity index (χ2v) is 6.94. The standard InChI is InChI=1S/C11H23N3O3S/c15-11-3-1-2-10(8-11)9-13-18(16,17)14-6-4-12-5-7-14/h10-13,15H,1-9H2. The summed E-state index contributed by atoms with van der Waals surface area (Å²) in [5, 5.41) is 12.7. The van der Waals surface area contributed by atoms with E-state index in [1.54, 1.807) is 0 Å². The number of aliphatic hydroxyl groups is 1. The average molecular weight is 277 g/mol. The van der Waals surface area contributed by atoms with Crippen LogP contribution in [0, 0.1) is 5.92 Å². The summed E-state index contributed by atoms with van der Waals surface area (Å²) >= 11 is 0. The molecule has 2 atom stereocenters. The lowest BCUT2D eigenvalue weighted by Gasteiger charge is -2.29. The third-order valence-electron chi connectivity index (χ3n) is 3.73. The van der Waals surface area contributed by atoms with Gasteiger partial charge in [0.05, 0.1) is 6.10 Å². The monoisotopic (exact) mass is 277 g/mol. The van der Waals surface area contributed by atoms with Gasteiger partial charge in [0.25, 0.3) is 10.2 Å². The third-order valence-corrected chi connectivity index (χ3v) is 5.30. The highest BCUT2D eigenvalue weighted by Gasteiger charge is 2.26. The maximum absolute atomic E-state index is 12.0. The molecule has 18 heavy (non-hydrogen) atoms. The van der Waals surface area contributed by atoms with Crippen LogP contribution in [0.5, 0.6) is 0 Å². The van der Waals surface area contributed by atoms with E-state index in [1.807, 2.05) is 0 Å². The van der Waals surface area contributed by atoms with Crippen LogP contribution in [0.25, 0.3) is 0 Å². The van der Waals surface area contributed by atoms with Crippen LogP contribution in [0.3, 0.4) is 0 Å². The third kappa shape index (κ3) is 3.89. The molecule has 2 rings (SSSR count). The Bertz CT molecular complexity index is 355. The highest BCUT2D eigenvalue weighted by molar-refractivity contribution is 7.87. The van der Waals surface area contributed by atoms with Gasteiger partial charge in [0, 0.05) is 32.7 Å². The van der Waals surface area contributed by atoms with Gasteiger partial charge in [0.2, 0.25) is 0 Å². The zero-order valence-corrected chi connectivity index (χ0v) is 11.5. The van der Waals surface area contributed by atoms with E-state index < -0.39 is 10.2 Å². The molecule has 106 valence electrons. The topological polar surface area (TPSA) is 81.7 Å². The summed E-state index contributed by atoms with van der Waals surface area (Å²) < 4.78 is 28.2. The number of hydrogen-bond donors (Lipinski definition) is 3. The minimum absolute atomic E-state index is 0.257. The van der Waals surface area contributed by atoms with Crippen molar-refractivity contribution in [3.05, 3.63) is 0 Å². The van der Waals surface area contributed by atoms with Crippen LogP contribution in [0.1, 0.15) is 25.7 Å². The summed E-state index contributed by atoms with van der Waals surface area (Å²) in [5.74, 6) is 0.270. The first kappa shape index (κ1) is 14.2. The molecule has 0 radical (unpaired) electrons. The quantitative estimate of drug-likeness (QED) is 0.633. The molecule has 6 nitrogen and oxygen atoms in total. The molecule has 1 aliphatic heterocycles.